The van der Waals surface area contributed by atoms with Crippen molar-refractivity contribution in [2.24, 2.45) is 17.7 Å². The largest absolute Gasteiger partial charge is 0.271 e. The van der Waals surface area contributed by atoms with Gasteiger partial charge in [0.2, 0.25) is 0 Å². The molecule has 3 N–H and O–H groups in total. The molecular formula is C12H23N5. The van der Waals surface area contributed by atoms with Crippen LogP contribution in [0.5, 0.6) is 0 Å². The summed E-state index contributed by atoms with van der Waals surface area (Å²) in [6.45, 7) is 5.37. The second kappa shape index (κ2) is 5.60. The predicted molar refractivity (Wildman–Crippen MR) is 66.9 cm³/mol. The maximum Gasteiger partial charge on any atom is 0.0772 e. The summed E-state index contributed by atoms with van der Waals surface area (Å²) < 4.78 is 1.98. The number of nitrogens with two attached hydrogens (primary N) is 1. The van der Waals surface area contributed by atoms with Crippen molar-refractivity contribution < 1.29 is 0 Å². The Kier molecular flexibility index (Phi) is 4.12. The highest BCUT2D eigenvalue weighted by molar-refractivity contribution is 5.05. The Hall–Kier alpha value is -0.940. The molecule has 0 aromatic carbocycles. The van der Waals surface area contributed by atoms with Gasteiger partial charge in [0.05, 0.1) is 17.9 Å². The van der Waals surface area contributed by atoms with E-state index in [0.29, 0.717) is 5.92 Å². The second-order valence-electron chi connectivity index (χ2n) is 5.10. The molecule has 1 aliphatic rings. The number of hydrazine groups is 1. The smallest absolute Gasteiger partial charge is 0.0772 e. The third kappa shape index (κ3) is 2.50. The molecule has 1 fully saturated rings. The van der Waals surface area contributed by atoms with Crippen molar-refractivity contribution in [3.8, 4) is 0 Å². The van der Waals surface area contributed by atoms with Gasteiger partial charge in [-0.2, -0.15) is 0 Å². The minimum absolute atomic E-state index is 0.189. The van der Waals surface area contributed by atoms with E-state index >= 15 is 0 Å². The maximum absolute atomic E-state index is 5.75. The molecule has 1 heterocycles. The first-order valence-corrected chi connectivity index (χ1v) is 6.62. The van der Waals surface area contributed by atoms with Crippen molar-refractivity contribution in [2.75, 3.05) is 0 Å². The minimum Gasteiger partial charge on any atom is -0.271 e. The summed E-state index contributed by atoms with van der Waals surface area (Å²) in [7, 11) is 0. The van der Waals surface area contributed by atoms with Gasteiger partial charge in [0.1, 0.15) is 0 Å². The number of hydrogen-bond donors (Lipinski definition) is 2. The van der Waals surface area contributed by atoms with Crippen LogP contribution in [0.1, 0.15) is 51.3 Å². The summed E-state index contributed by atoms with van der Waals surface area (Å²) in [4.78, 5) is 0. The molecule has 5 heteroatoms. The summed E-state index contributed by atoms with van der Waals surface area (Å²) in [6.07, 6.45) is 6.77. The molecule has 1 aliphatic carbocycles. The first-order chi connectivity index (χ1) is 8.27. The highest BCUT2D eigenvalue weighted by atomic mass is 15.4. The van der Waals surface area contributed by atoms with Crippen LogP contribution in [0.15, 0.2) is 6.20 Å². The summed E-state index contributed by atoms with van der Waals surface area (Å²) >= 11 is 0. The zero-order chi connectivity index (χ0) is 12.3. The lowest BCUT2D eigenvalue weighted by Crippen LogP contribution is -2.36. The zero-order valence-electron chi connectivity index (χ0n) is 10.8. The maximum atomic E-state index is 5.75. The highest BCUT2D eigenvalue weighted by Crippen LogP contribution is 2.39. The van der Waals surface area contributed by atoms with Crippen LogP contribution in [0.25, 0.3) is 0 Å². The first kappa shape index (κ1) is 12.5. The van der Waals surface area contributed by atoms with E-state index < -0.39 is 0 Å². The molecule has 2 rings (SSSR count). The summed E-state index contributed by atoms with van der Waals surface area (Å²) in [5.74, 6) is 7.08. The summed E-state index contributed by atoms with van der Waals surface area (Å²) in [5, 5.41) is 8.17. The molecule has 1 saturated carbocycles. The Labute approximate surface area is 103 Å². The van der Waals surface area contributed by atoms with Crippen molar-refractivity contribution >= 4 is 0 Å². The monoisotopic (exact) mass is 237 g/mol. The van der Waals surface area contributed by atoms with Gasteiger partial charge < -0.3 is 0 Å². The van der Waals surface area contributed by atoms with Crippen LogP contribution < -0.4 is 11.3 Å². The fourth-order valence-electron chi connectivity index (χ4n) is 2.99. The van der Waals surface area contributed by atoms with E-state index in [9.17, 15) is 0 Å². The van der Waals surface area contributed by atoms with Gasteiger partial charge >= 0.3 is 0 Å². The lowest BCUT2D eigenvalue weighted by molar-refractivity contribution is 0.289. The molecule has 3 unspecified atom stereocenters. The molecule has 0 spiro atoms. The number of aromatic nitrogens is 3. The van der Waals surface area contributed by atoms with Crippen LogP contribution in [0.4, 0.5) is 0 Å². The predicted octanol–water partition coefficient (Wildman–Crippen LogP) is 1.63. The molecule has 0 radical (unpaired) electrons. The number of nitrogens with one attached hydrogen (secondary N) is 1. The standard InChI is InChI=1S/C12H23N5/c1-3-7-17-11(8-14-16-17)12(15-13)10-6-4-5-9(10)2/h8-10,12,15H,3-7,13H2,1-2H3. The molecule has 0 amide bonds. The van der Waals surface area contributed by atoms with Crippen LogP contribution in [-0.4, -0.2) is 15.0 Å². The molecule has 1 aromatic rings. The number of rotatable bonds is 5. The molecular weight excluding hydrogens is 214 g/mol. The molecule has 0 saturated heterocycles. The Balaban J connectivity index is 2.19. The quantitative estimate of drug-likeness (QED) is 0.603. The van der Waals surface area contributed by atoms with Gasteiger partial charge in [-0.05, 0) is 24.7 Å². The van der Waals surface area contributed by atoms with E-state index in [-0.39, 0.29) is 6.04 Å². The van der Waals surface area contributed by atoms with E-state index in [0.717, 1.165) is 24.6 Å². The van der Waals surface area contributed by atoms with Crippen molar-refractivity contribution in [3.05, 3.63) is 11.9 Å². The topological polar surface area (TPSA) is 68.8 Å². The van der Waals surface area contributed by atoms with E-state index in [1.807, 2.05) is 10.9 Å². The average Bonchev–Trinajstić information content (AvgIpc) is 2.92. The van der Waals surface area contributed by atoms with Crippen molar-refractivity contribution in [1.29, 1.82) is 0 Å². The van der Waals surface area contributed by atoms with Gasteiger partial charge in [0.15, 0.2) is 0 Å². The third-order valence-electron chi connectivity index (χ3n) is 3.94. The molecule has 17 heavy (non-hydrogen) atoms. The minimum atomic E-state index is 0.189. The number of hydrogen-bond acceptors (Lipinski definition) is 4. The zero-order valence-corrected chi connectivity index (χ0v) is 10.8. The van der Waals surface area contributed by atoms with Crippen molar-refractivity contribution in [3.63, 3.8) is 0 Å². The number of aryl methyl sites for hydroxylation is 1. The Bertz CT molecular complexity index is 348. The number of nitrogens with zero attached hydrogens (tertiary/aromatic N) is 3. The van der Waals surface area contributed by atoms with Crippen LogP contribution in [-0.2, 0) is 6.54 Å². The van der Waals surface area contributed by atoms with E-state index in [4.69, 9.17) is 5.84 Å². The fourth-order valence-corrected chi connectivity index (χ4v) is 2.99. The molecule has 5 nitrogen and oxygen atoms in total. The van der Waals surface area contributed by atoms with Crippen molar-refractivity contribution in [2.45, 2.75) is 52.1 Å². The lowest BCUT2D eigenvalue weighted by Gasteiger charge is -2.26. The Morgan fingerprint density at radius 2 is 2.41 bits per heavy atom. The van der Waals surface area contributed by atoms with Gasteiger partial charge in [0.25, 0.3) is 0 Å². The average molecular weight is 237 g/mol. The van der Waals surface area contributed by atoms with E-state index in [1.165, 1.54) is 19.3 Å². The SMILES string of the molecule is CCCn1nncc1C(NN)C1CCCC1C. The van der Waals surface area contributed by atoms with Crippen LogP contribution in [0.3, 0.4) is 0 Å². The van der Waals surface area contributed by atoms with Crippen LogP contribution in [0.2, 0.25) is 0 Å². The Morgan fingerprint density at radius 1 is 1.59 bits per heavy atom. The van der Waals surface area contributed by atoms with E-state index in [2.05, 4.69) is 29.6 Å². The molecule has 96 valence electrons. The second-order valence-corrected chi connectivity index (χ2v) is 5.10. The molecule has 1 aromatic heterocycles. The third-order valence-corrected chi connectivity index (χ3v) is 3.94. The molecule has 0 aliphatic heterocycles. The van der Waals surface area contributed by atoms with Crippen LogP contribution in [0, 0.1) is 11.8 Å². The van der Waals surface area contributed by atoms with Crippen molar-refractivity contribution in [1.82, 2.24) is 20.4 Å². The Morgan fingerprint density at radius 3 is 3.00 bits per heavy atom. The summed E-state index contributed by atoms with van der Waals surface area (Å²) in [5.41, 5.74) is 4.11. The lowest BCUT2D eigenvalue weighted by atomic mass is 9.89. The normalized spacial score (nSPS) is 26.3. The fraction of sp³-hybridized carbons (Fsp3) is 0.833. The van der Waals surface area contributed by atoms with Crippen LogP contribution >= 0.6 is 0 Å². The van der Waals surface area contributed by atoms with E-state index in [1.54, 1.807) is 0 Å². The van der Waals surface area contributed by atoms with Gasteiger partial charge in [-0.3, -0.25) is 11.3 Å². The first-order valence-electron chi connectivity index (χ1n) is 6.62. The molecule has 0 bridgehead atoms. The highest BCUT2D eigenvalue weighted by Gasteiger charge is 2.33. The van der Waals surface area contributed by atoms with Gasteiger partial charge in [0, 0.05) is 6.54 Å². The van der Waals surface area contributed by atoms with Gasteiger partial charge in [-0.25, -0.2) is 4.68 Å². The molecule has 3 atom stereocenters. The summed E-state index contributed by atoms with van der Waals surface area (Å²) in [6, 6.07) is 0.189. The van der Waals surface area contributed by atoms with Gasteiger partial charge in [-0.1, -0.05) is 31.9 Å². The van der Waals surface area contributed by atoms with Gasteiger partial charge in [-0.15, -0.1) is 5.10 Å².